The molecule has 0 spiro atoms. The van der Waals surface area contributed by atoms with E-state index in [-0.39, 0.29) is 6.54 Å². The van der Waals surface area contributed by atoms with Crippen LogP contribution >= 0.6 is 0 Å². The van der Waals surface area contributed by atoms with Crippen molar-refractivity contribution in [3.63, 3.8) is 0 Å². The first-order valence-electron chi connectivity index (χ1n) is 5.30. The van der Waals surface area contributed by atoms with Crippen molar-refractivity contribution in [3.05, 3.63) is 47.2 Å². The van der Waals surface area contributed by atoms with Crippen LogP contribution in [-0.4, -0.2) is 18.8 Å². The Morgan fingerprint density at radius 3 is 2.88 bits per heavy atom. The smallest absolute Gasteiger partial charge is 0.131 e. The van der Waals surface area contributed by atoms with Crippen LogP contribution in [0.25, 0.3) is 0 Å². The molecular formula is C12H13F2N3. The van der Waals surface area contributed by atoms with Crippen LogP contribution in [0.5, 0.6) is 0 Å². The molecule has 5 heteroatoms. The van der Waals surface area contributed by atoms with Crippen molar-refractivity contribution in [1.82, 2.24) is 5.32 Å². The fourth-order valence-electron chi connectivity index (χ4n) is 1.67. The fraction of sp³-hybridized carbons (Fsp3) is 0.250. The maximum atomic E-state index is 13.3. The van der Waals surface area contributed by atoms with Crippen LogP contribution in [0.3, 0.4) is 0 Å². The van der Waals surface area contributed by atoms with Gasteiger partial charge in [0.1, 0.15) is 11.6 Å². The summed E-state index contributed by atoms with van der Waals surface area (Å²) in [5.41, 5.74) is 7.57. The first-order valence-corrected chi connectivity index (χ1v) is 5.30. The lowest BCUT2D eigenvalue weighted by molar-refractivity contribution is 0.572. The molecule has 90 valence electrons. The van der Waals surface area contributed by atoms with E-state index < -0.39 is 11.6 Å². The number of nitrogens with zero attached hydrogens (tertiary/aromatic N) is 1. The van der Waals surface area contributed by atoms with Gasteiger partial charge in [-0.25, -0.2) is 8.78 Å². The highest BCUT2D eigenvalue weighted by molar-refractivity contribution is 6.03. The van der Waals surface area contributed by atoms with Gasteiger partial charge in [0.15, 0.2) is 0 Å². The molecule has 17 heavy (non-hydrogen) atoms. The van der Waals surface area contributed by atoms with E-state index in [1.54, 1.807) is 0 Å². The summed E-state index contributed by atoms with van der Waals surface area (Å²) in [6.45, 7) is 1.51. The molecule has 0 aromatic heterocycles. The molecule has 0 aliphatic carbocycles. The van der Waals surface area contributed by atoms with E-state index in [4.69, 9.17) is 5.73 Å². The highest BCUT2D eigenvalue weighted by Gasteiger charge is 2.13. The Bertz CT molecular complexity index is 481. The van der Waals surface area contributed by atoms with Gasteiger partial charge in [0, 0.05) is 36.5 Å². The first-order chi connectivity index (χ1) is 8.20. The molecule has 1 heterocycles. The molecule has 1 saturated heterocycles. The van der Waals surface area contributed by atoms with Gasteiger partial charge >= 0.3 is 0 Å². The first kappa shape index (κ1) is 11.7. The zero-order chi connectivity index (χ0) is 12.3. The Morgan fingerprint density at radius 1 is 1.35 bits per heavy atom. The van der Waals surface area contributed by atoms with Gasteiger partial charge in [0.25, 0.3) is 0 Å². The Kier molecular flexibility index (Phi) is 3.49. The summed E-state index contributed by atoms with van der Waals surface area (Å²) in [5, 5.41) is 3.10. The van der Waals surface area contributed by atoms with Gasteiger partial charge in [-0.15, -0.1) is 0 Å². The minimum Gasteiger partial charge on any atom is -0.404 e. The summed E-state index contributed by atoms with van der Waals surface area (Å²) < 4.78 is 26.0. The lowest BCUT2D eigenvalue weighted by atomic mass is 10.2. The average Bonchev–Trinajstić information content (AvgIpc) is 2.75. The van der Waals surface area contributed by atoms with Crippen molar-refractivity contribution in [1.29, 1.82) is 0 Å². The van der Waals surface area contributed by atoms with Gasteiger partial charge < -0.3 is 11.1 Å². The van der Waals surface area contributed by atoms with Gasteiger partial charge in [-0.05, 0) is 6.07 Å². The van der Waals surface area contributed by atoms with Crippen LogP contribution < -0.4 is 11.1 Å². The van der Waals surface area contributed by atoms with Crippen LogP contribution in [0, 0.1) is 11.6 Å². The molecule has 0 atom stereocenters. The summed E-state index contributed by atoms with van der Waals surface area (Å²) in [4.78, 5) is 4.28. The van der Waals surface area contributed by atoms with E-state index in [0.717, 1.165) is 17.4 Å². The topological polar surface area (TPSA) is 50.4 Å². The van der Waals surface area contributed by atoms with Crippen molar-refractivity contribution in [2.45, 2.75) is 6.54 Å². The van der Waals surface area contributed by atoms with Crippen LogP contribution in [-0.2, 0) is 6.54 Å². The third-order valence-electron chi connectivity index (χ3n) is 2.64. The van der Waals surface area contributed by atoms with E-state index in [1.165, 1.54) is 18.3 Å². The Labute approximate surface area is 98.0 Å². The number of hydrogen-bond acceptors (Lipinski definition) is 3. The zero-order valence-corrected chi connectivity index (χ0v) is 9.21. The number of hydrogen-bond donors (Lipinski definition) is 2. The van der Waals surface area contributed by atoms with Gasteiger partial charge in [-0.3, -0.25) is 4.99 Å². The molecule has 1 aliphatic heterocycles. The number of halogens is 2. The van der Waals surface area contributed by atoms with Crippen molar-refractivity contribution in [2.24, 2.45) is 10.7 Å². The number of rotatable bonds is 2. The van der Waals surface area contributed by atoms with Crippen LogP contribution in [0.1, 0.15) is 5.56 Å². The van der Waals surface area contributed by atoms with Gasteiger partial charge in [-0.2, -0.15) is 0 Å². The van der Waals surface area contributed by atoms with E-state index in [9.17, 15) is 8.78 Å². The molecule has 1 aliphatic rings. The third kappa shape index (κ3) is 2.68. The molecule has 3 N–H and O–H groups in total. The van der Waals surface area contributed by atoms with E-state index >= 15 is 0 Å². The van der Waals surface area contributed by atoms with Crippen molar-refractivity contribution in [3.8, 4) is 0 Å². The quantitative estimate of drug-likeness (QED) is 0.815. The van der Waals surface area contributed by atoms with Gasteiger partial charge in [-0.1, -0.05) is 6.07 Å². The number of aliphatic imine (C=N–C) groups is 1. The lowest BCUT2D eigenvalue weighted by Crippen LogP contribution is -2.08. The maximum Gasteiger partial charge on any atom is 0.131 e. The third-order valence-corrected chi connectivity index (χ3v) is 2.64. The van der Waals surface area contributed by atoms with E-state index in [0.29, 0.717) is 18.7 Å². The summed E-state index contributed by atoms with van der Waals surface area (Å²) in [6, 6.07) is 3.50. The molecule has 0 radical (unpaired) electrons. The molecule has 1 aromatic carbocycles. The molecule has 0 bridgehead atoms. The molecule has 0 unspecified atom stereocenters. The van der Waals surface area contributed by atoms with Crippen molar-refractivity contribution >= 4 is 5.71 Å². The summed E-state index contributed by atoms with van der Waals surface area (Å²) in [7, 11) is 0. The minimum absolute atomic E-state index is 0.195. The van der Waals surface area contributed by atoms with Crippen LogP contribution in [0.15, 0.2) is 35.0 Å². The normalized spacial score (nSPS) is 20.4. The second-order valence-corrected chi connectivity index (χ2v) is 3.79. The number of nitrogens with two attached hydrogens (primary N) is 1. The van der Waals surface area contributed by atoms with Crippen molar-refractivity contribution in [2.75, 3.05) is 13.1 Å². The maximum absolute atomic E-state index is 13.3. The monoisotopic (exact) mass is 237 g/mol. The molecule has 3 nitrogen and oxygen atoms in total. The molecular weight excluding hydrogens is 224 g/mol. The van der Waals surface area contributed by atoms with Crippen LogP contribution in [0.2, 0.25) is 0 Å². The molecule has 2 rings (SSSR count). The second kappa shape index (κ2) is 5.05. The lowest BCUT2D eigenvalue weighted by Gasteiger charge is -2.01. The van der Waals surface area contributed by atoms with Gasteiger partial charge in [0.05, 0.1) is 12.3 Å². The molecule has 0 amide bonds. The highest BCUT2D eigenvalue weighted by Crippen LogP contribution is 2.12. The zero-order valence-electron chi connectivity index (χ0n) is 9.21. The minimum atomic E-state index is -0.580. The largest absolute Gasteiger partial charge is 0.404 e. The standard InChI is InChI=1S/C12H13F2N3/c13-10-2-1-8(11(14)3-10)6-17-12-7-16-5-9(12)4-15/h1-4,16H,5-7,15H2/b9-4-,17-12?. The molecule has 1 fully saturated rings. The fourth-order valence-corrected chi connectivity index (χ4v) is 1.67. The SMILES string of the molecule is N/C=C1/CNCC1=NCc1ccc(F)cc1F. The predicted octanol–water partition coefficient (Wildman–Crippen LogP) is 1.35. The highest BCUT2D eigenvalue weighted by atomic mass is 19.1. The summed E-state index contributed by atoms with van der Waals surface area (Å²) in [5.74, 6) is -1.15. The average molecular weight is 237 g/mol. The van der Waals surface area contributed by atoms with Gasteiger partial charge in [0.2, 0.25) is 0 Å². The summed E-state index contributed by atoms with van der Waals surface area (Å²) in [6.07, 6.45) is 1.50. The Hall–Kier alpha value is -1.75. The predicted molar refractivity (Wildman–Crippen MR) is 62.6 cm³/mol. The number of benzene rings is 1. The van der Waals surface area contributed by atoms with E-state index in [2.05, 4.69) is 10.3 Å². The van der Waals surface area contributed by atoms with Crippen molar-refractivity contribution < 1.29 is 8.78 Å². The van der Waals surface area contributed by atoms with Crippen LogP contribution in [0.4, 0.5) is 8.78 Å². The van der Waals surface area contributed by atoms with E-state index in [1.807, 2.05) is 0 Å². The Morgan fingerprint density at radius 2 is 2.18 bits per heavy atom. The molecule has 1 aromatic rings. The molecule has 0 saturated carbocycles. The summed E-state index contributed by atoms with van der Waals surface area (Å²) >= 11 is 0. The second-order valence-electron chi connectivity index (χ2n) is 3.79. The Balaban J connectivity index is 2.14. The number of nitrogens with one attached hydrogen (secondary N) is 1.